The third kappa shape index (κ3) is 2.94. The van der Waals surface area contributed by atoms with Gasteiger partial charge in [-0.05, 0) is 42.7 Å². The summed E-state index contributed by atoms with van der Waals surface area (Å²) in [5, 5.41) is 2.33. The zero-order valence-electron chi connectivity index (χ0n) is 12.7. The number of carbonyl (C=O) groups is 1. The summed E-state index contributed by atoms with van der Waals surface area (Å²) in [6.45, 7) is 2.89. The molecule has 0 aliphatic heterocycles. The van der Waals surface area contributed by atoms with Crippen LogP contribution in [0.5, 0.6) is 0 Å². The summed E-state index contributed by atoms with van der Waals surface area (Å²) in [5.74, 6) is 0.190. The number of hydrogen-bond donors (Lipinski definition) is 0. The van der Waals surface area contributed by atoms with Gasteiger partial charge in [-0.3, -0.25) is 4.79 Å². The van der Waals surface area contributed by atoms with Crippen LogP contribution in [0.4, 0.5) is 0 Å². The Balaban J connectivity index is 1.86. The largest absolute Gasteiger partial charge is 0.336 e. The predicted molar refractivity (Wildman–Crippen MR) is 87.5 cm³/mol. The van der Waals surface area contributed by atoms with Crippen LogP contribution in [0.2, 0.25) is 0 Å². The molecule has 2 aromatic rings. The standard InChI is InChI=1S/C19H23NO/c1-2-20(18-10-4-3-5-11-18)19(21)17-13-12-15-8-6-7-9-16(15)14-17/h6-9,12-14,18H,2-5,10-11H2,1H3. The Bertz CT molecular complexity index is 628. The number of rotatable bonds is 3. The zero-order chi connectivity index (χ0) is 14.7. The van der Waals surface area contributed by atoms with Crippen LogP contribution >= 0.6 is 0 Å². The van der Waals surface area contributed by atoms with E-state index >= 15 is 0 Å². The van der Waals surface area contributed by atoms with Gasteiger partial charge >= 0.3 is 0 Å². The average Bonchev–Trinajstić information content (AvgIpc) is 2.56. The van der Waals surface area contributed by atoms with Gasteiger partial charge in [-0.25, -0.2) is 0 Å². The van der Waals surface area contributed by atoms with Crippen LogP contribution in [-0.4, -0.2) is 23.4 Å². The number of hydrogen-bond acceptors (Lipinski definition) is 1. The molecular weight excluding hydrogens is 258 g/mol. The molecule has 110 valence electrons. The van der Waals surface area contributed by atoms with Gasteiger partial charge in [-0.2, -0.15) is 0 Å². The summed E-state index contributed by atoms with van der Waals surface area (Å²) in [7, 11) is 0. The van der Waals surface area contributed by atoms with E-state index in [2.05, 4.69) is 30.0 Å². The lowest BCUT2D eigenvalue weighted by atomic mass is 9.93. The molecule has 0 spiro atoms. The molecule has 0 bridgehead atoms. The first-order valence-electron chi connectivity index (χ1n) is 8.09. The van der Waals surface area contributed by atoms with Crippen LogP contribution in [-0.2, 0) is 0 Å². The molecule has 0 unspecified atom stereocenters. The van der Waals surface area contributed by atoms with Crippen molar-refractivity contribution in [3.05, 3.63) is 48.0 Å². The lowest BCUT2D eigenvalue weighted by Crippen LogP contribution is -2.41. The molecule has 21 heavy (non-hydrogen) atoms. The van der Waals surface area contributed by atoms with Crippen LogP contribution in [0.3, 0.4) is 0 Å². The molecule has 0 radical (unpaired) electrons. The summed E-state index contributed by atoms with van der Waals surface area (Å²) >= 11 is 0. The summed E-state index contributed by atoms with van der Waals surface area (Å²) < 4.78 is 0. The first-order valence-corrected chi connectivity index (χ1v) is 8.09. The highest BCUT2D eigenvalue weighted by Gasteiger charge is 2.24. The van der Waals surface area contributed by atoms with Crippen molar-refractivity contribution >= 4 is 16.7 Å². The molecule has 3 rings (SSSR count). The molecular formula is C19H23NO. The second kappa shape index (κ2) is 6.30. The lowest BCUT2D eigenvalue weighted by molar-refractivity contribution is 0.0648. The van der Waals surface area contributed by atoms with Crippen LogP contribution in [0.1, 0.15) is 49.4 Å². The van der Waals surface area contributed by atoms with E-state index in [1.807, 2.05) is 24.3 Å². The molecule has 0 N–H and O–H groups in total. The number of carbonyl (C=O) groups excluding carboxylic acids is 1. The zero-order valence-corrected chi connectivity index (χ0v) is 12.7. The number of nitrogens with zero attached hydrogens (tertiary/aromatic N) is 1. The van der Waals surface area contributed by atoms with E-state index in [4.69, 9.17) is 0 Å². The van der Waals surface area contributed by atoms with Gasteiger partial charge in [-0.15, -0.1) is 0 Å². The molecule has 1 fully saturated rings. The average molecular weight is 281 g/mol. The topological polar surface area (TPSA) is 20.3 Å². The predicted octanol–water partition coefficient (Wildman–Crippen LogP) is 4.63. The summed E-state index contributed by atoms with van der Waals surface area (Å²) in [6.07, 6.45) is 6.15. The number of fused-ring (bicyclic) bond motifs is 1. The maximum Gasteiger partial charge on any atom is 0.254 e. The van der Waals surface area contributed by atoms with Crippen molar-refractivity contribution in [2.24, 2.45) is 0 Å². The van der Waals surface area contributed by atoms with E-state index in [1.165, 1.54) is 24.6 Å². The molecule has 1 saturated carbocycles. The fourth-order valence-electron chi connectivity index (χ4n) is 3.45. The third-order valence-corrected chi connectivity index (χ3v) is 4.61. The highest BCUT2D eigenvalue weighted by Crippen LogP contribution is 2.25. The minimum Gasteiger partial charge on any atom is -0.336 e. The first kappa shape index (κ1) is 14.1. The lowest BCUT2D eigenvalue weighted by Gasteiger charge is -2.33. The van der Waals surface area contributed by atoms with E-state index < -0.39 is 0 Å². The van der Waals surface area contributed by atoms with Crippen LogP contribution < -0.4 is 0 Å². The molecule has 0 saturated heterocycles. The van der Waals surface area contributed by atoms with Gasteiger partial charge in [0.05, 0.1) is 0 Å². The minimum atomic E-state index is 0.190. The fraction of sp³-hybridized carbons (Fsp3) is 0.421. The molecule has 2 aromatic carbocycles. The molecule has 2 heteroatoms. The van der Waals surface area contributed by atoms with Gasteiger partial charge in [0.1, 0.15) is 0 Å². The van der Waals surface area contributed by atoms with Gasteiger partial charge in [0.25, 0.3) is 5.91 Å². The monoisotopic (exact) mass is 281 g/mol. The van der Waals surface area contributed by atoms with Crippen molar-refractivity contribution in [2.75, 3.05) is 6.54 Å². The van der Waals surface area contributed by atoms with Gasteiger partial charge in [0.15, 0.2) is 0 Å². The fourth-order valence-corrected chi connectivity index (χ4v) is 3.45. The first-order chi connectivity index (χ1) is 10.3. The Morgan fingerprint density at radius 1 is 1.05 bits per heavy atom. The summed E-state index contributed by atoms with van der Waals surface area (Å²) in [6, 6.07) is 14.7. The molecule has 0 heterocycles. The SMILES string of the molecule is CCN(C(=O)c1ccc2ccccc2c1)C1CCCCC1. The Morgan fingerprint density at radius 2 is 1.76 bits per heavy atom. The van der Waals surface area contributed by atoms with Gasteiger partial charge in [0.2, 0.25) is 0 Å². The molecule has 1 aliphatic carbocycles. The normalized spacial score (nSPS) is 16.0. The Hall–Kier alpha value is -1.83. The van der Waals surface area contributed by atoms with E-state index in [9.17, 15) is 4.79 Å². The van der Waals surface area contributed by atoms with Gasteiger partial charge in [-0.1, -0.05) is 49.6 Å². The third-order valence-electron chi connectivity index (χ3n) is 4.61. The van der Waals surface area contributed by atoms with Crippen LogP contribution in [0.25, 0.3) is 10.8 Å². The van der Waals surface area contributed by atoms with E-state index in [0.717, 1.165) is 30.3 Å². The maximum atomic E-state index is 12.8. The van der Waals surface area contributed by atoms with Crippen molar-refractivity contribution in [3.63, 3.8) is 0 Å². The summed E-state index contributed by atoms with van der Waals surface area (Å²) in [4.78, 5) is 14.9. The van der Waals surface area contributed by atoms with Crippen LogP contribution in [0.15, 0.2) is 42.5 Å². The molecule has 2 nitrogen and oxygen atoms in total. The highest BCUT2D eigenvalue weighted by atomic mass is 16.2. The smallest absolute Gasteiger partial charge is 0.254 e. The van der Waals surface area contributed by atoms with E-state index in [-0.39, 0.29) is 5.91 Å². The summed E-state index contributed by atoms with van der Waals surface area (Å²) in [5.41, 5.74) is 0.820. The molecule has 0 aromatic heterocycles. The Labute approximate surface area is 126 Å². The van der Waals surface area contributed by atoms with Crippen molar-refractivity contribution in [1.29, 1.82) is 0 Å². The van der Waals surface area contributed by atoms with Crippen molar-refractivity contribution in [1.82, 2.24) is 4.90 Å². The Morgan fingerprint density at radius 3 is 2.48 bits per heavy atom. The molecule has 1 amide bonds. The van der Waals surface area contributed by atoms with E-state index in [0.29, 0.717) is 6.04 Å². The second-order valence-corrected chi connectivity index (χ2v) is 5.94. The maximum absolute atomic E-state index is 12.8. The van der Waals surface area contributed by atoms with Crippen molar-refractivity contribution < 1.29 is 4.79 Å². The quantitative estimate of drug-likeness (QED) is 0.803. The van der Waals surface area contributed by atoms with E-state index in [1.54, 1.807) is 0 Å². The van der Waals surface area contributed by atoms with Gasteiger partial charge < -0.3 is 4.90 Å². The molecule has 1 aliphatic rings. The Kier molecular flexibility index (Phi) is 4.23. The second-order valence-electron chi connectivity index (χ2n) is 5.94. The number of benzene rings is 2. The number of amides is 1. The van der Waals surface area contributed by atoms with Gasteiger partial charge in [0, 0.05) is 18.2 Å². The molecule has 0 atom stereocenters. The van der Waals surface area contributed by atoms with Crippen molar-refractivity contribution in [3.8, 4) is 0 Å². The highest BCUT2D eigenvalue weighted by molar-refractivity contribution is 5.98. The van der Waals surface area contributed by atoms with Crippen molar-refractivity contribution in [2.45, 2.75) is 45.1 Å². The van der Waals surface area contributed by atoms with Crippen LogP contribution in [0, 0.1) is 0 Å². The minimum absolute atomic E-state index is 0.190.